The predicted octanol–water partition coefficient (Wildman–Crippen LogP) is 2.05. The summed E-state index contributed by atoms with van der Waals surface area (Å²) < 4.78 is 5.52. The van der Waals surface area contributed by atoms with Crippen molar-refractivity contribution in [3.8, 4) is 0 Å². The largest absolute Gasteiger partial charge is 0.376 e. The normalized spacial score (nSPS) is 22.6. The number of nitrogens with one attached hydrogen (secondary N) is 1. The number of rotatable bonds is 3. The molecule has 0 saturated carbocycles. The number of hydrogen-bond acceptors (Lipinski definition) is 3. The molecule has 3 nitrogen and oxygen atoms in total. The zero-order valence-electron chi connectivity index (χ0n) is 8.73. The average molecular weight is 225 g/mol. The Hall–Kier alpha value is -0.870. The van der Waals surface area contributed by atoms with Crippen molar-refractivity contribution < 1.29 is 9.53 Å². The molecule has 1 aromatic rings. The van der Waals surface area contributed by atoms with Gasteiger partial charge in [-0.3, -0.25) is 4.79 Å². The Morgan fingerprint density at radius 2 is 2.60 bits per heavy atom. The van der Waals surface area contributed by atoms with Gasteiger partial charge in [0.05, 0.1) is 17.0 Å². The maximum Gasteiger partial charge on any atom is 0.261 e. The summed E-state index contributed by atoms with van der Waals surface area (Å²) in [6.45, 7) is 2.82. The highest BCUT2D eigenvalue weighted by atomic mass is 32.1. The van der Waals surface area contributed by atoms with E-state index in [9.17, 15) is 4.79 Å². The summed E-state index contributed by atoms with van der Waals surface area (Å²) in [5.74, 6) is 0.00741. The number of carbonyl (C=O) groups excluding carboxylic acids is 1. The van der Waals surface area contributed by atoms with Crippen LogP contribution in [0.2, 0.25) is 0 Å². The molecule has 2 heterocycles. The first kappa shape index (κ1) is 10.6. The second-order valence-electron chi connectivity index (χ2n) is 3.79. The fourth-order valence-electron chi connectivity index (χ4n) is 1.78. The van der Waals surface area contributed by atoms with Crippen LogP contribution < -0.4 is 5.32 Å². The molecule has 0 bridgehead atoms. The van der Waals surface area contributed by atoms with Gasteiger partial charge in [-0.15, -0.1) is 11.3 Å². The molecule has 1 aromatic heterocycles. The molecule has 1 amide bonds. The standard InChI is InChI=1S/C11H15NO2S/c1-8(9-4-2-6-14-9)12-11(13)10-5-3-7-15-10/h3,5,7-9H,2,4,6H2,1H3,(H,12,13)/t8-,9-/m1/s1. The average Bonchev–Trinajstić information content (AvgIpc) is 2.91. The van der Waals surface area contributed by atoms with Crippen LogP contribution in [0.4, 0.5) is 0 Å². The minimum Gasteiger partial charge on any atom is -0.376 e. The van der Waals surface area contributed by atoms with E-state index in [1.807, 2.05) is 24.4 Å². The summed E-state index contributed by atoms with van der Waals surface area (Å²) in [7, 11) is 0. The molecule has 0 spiro atoms. The van der Waals surface area contributed by atoms with Crippen LogP contribution in [0.25, 0.3) is 0 Å². The first-order chi connectivity index (χ1) is 7.27. The lowest BCUT2D eigenvalue weighted by Crippen LogP contribution is -2.40. The first-order valence-electron chi connectivity index (χ1n) is 5.23. The molecular weight excluding hydrogens is 210 g/mol. The lowest BCUT2D eigenvalue weighted by Gasteiger charge is -2.19. The Morgan fingerprint density at radius 1 is 1.73 bits per heavy atom. The molecular formula is C11H15NO2S. The zero-order valence-corrected chi connectivity index (χ0v) is 9.55. The molecule has 1 N–H and O–H groups in total. The van der Waals surface area contributed by atoms with E-state index in [0.717, 1.165) is 24.3 Å². The summed E-state index contributed by atoms with van der Waals surface area (Å²) in [4.78, 5) is 12.5. The Balaban J connectivity index is 1.88. The van der Waals surface area contributed by atoms with Gasteiger partial charge in [0.25, 0.3) is 5.91 Å². The molecule has 0 radical (unpaired) electrons. The highest BCUT2D eigenvalue weighted by Gasteiger charge is 2.23. The topological polar surface area (TPSA) is 38.3 Å². The van der Waals surface area contributed by atoms with Crippen molar-refractivity contribution in [3.05, 3.63) is 22.4 Å². The van der Waals surface area contributed by atoms with Gasteiger partial charge in [-0.2, -0.15) is 0 Å². The van der Waals surface area contributed by atoms with Crippen LogP contribution in [0.5, 0.6) is 0 Å². The molecule has 0 unspecified atom stereocenters. The van der Waals surface area contributed by atoms with Gasteiger partial charge in [-0.25, -0.2) is 0 Å². The Kier molecular flexibility index (Phi) is 3.38. The number of carbonyl (C=O) groups is 1. The first-order valence-corrected chi connectivity index (χ1v) is 6.11. The van der Waals surface area contributed by atoms with E-state index in [4.69, 9.17) is 4.74 Å². The monoisotopic (exact) mass is 225 g/mol. The summed E-state index contributed by atoms with van der Waals surface area (Å²) in [5.41, 5.74) is 0. The molecule has 2 atom stereocenters. The fourth-order valence-corrected chi connectivity index (χ4v) is 2.40. The van der Waals surface area contributed by atoms with Gasteiger partial charge in [-0.05, 0) is 31.2 Å². The molecule has 0 aliphatic carbocycles. The highest BCUT2D eigenvalue weighted by molar-refractivity contribution is 7.12. The van der Waals surface area contributed by atoms with E-state index in [1.165, 1.54) is 11.3 Å². The van der Waals surface area contributed by atoms with Crippen molar-refractivity contribution in [2.75, 3.05) is 6.61 Å². The van der Waals surface area contributed by atoms with E-state index in [2.05, 4.69) is 5.32 Å². The third-order valence-electron chi connectivity index (χ3n) is 2.63. The zero-order chi connectivity index (χ0) is 10.7. The van der Waals surface area contributed by atoms with E-state index in [1.54, 1.807) is 0 Å². The third-order valence-corrected chi connectivity index (χ3v) is 3.49. The van der Waals surface area contributed by atoms with Crippen molar-refractivity contribution in [1.82, 2.24) is 5.32 Å². The maximum absolute atomic E-state index is 11.7. The van der Waals surface area contributed by atoms with Gasteiger partial charge in [0.1, 0.15) is 0 Å². The number of ether oxygens (including phenoxy) is 1. The van der Waals surface area contributed by atoms with Crippen LogP contribution in [0, 0.1) is 0 Å². The Morgan fingerprint density at radius 3 is 3.20 bits per heavy atom. The van der Waals surface area contributed by atoms with Crippen LogP contribution in [0.3, 0.4) is 0 Å². The van der Waals surface area contributed by atoms with Crippen molar-refractivity contribution in [1.29, 1.82) is 0 Å². The Labute approximate surface area is 93.4 Å². The fraction of sp³-hybridized carbons (Fsp3) is 0.545. The van der Waals surface area contributed by atoms with Gasteiger partial charge in [0.15, 0.2) is 0 Å². The summed E-state index contributed by atoms with van der Waals surface area (Å²) in [6, 6.07) is 3.82. The van der Waals surface area contributed by atoms with Gasteiger partial charge < -0.3 is 10.1 Å². The van der Waals surface area contributed by atoms with E-state index < -0.39 is 0 Å². The number of amides is 1. The molecule has 2 rings (SSSR count). The summed E-state index contributed by atoms with van der Waals surface area (Å²) in [5, 5.41) is 4.88. The van der Waals surface area contributed by atoms with Crippen molar-refractivity contribution >= 4 is 17.2 Å². The molecule has 1 aliphatic heterocycles. The van der Waals surface area contributed by atoms with Crippen molar-refractivity contribution in [2.24, 2.45) is 0 Å². The third kappa shape index (κ3) is 2.58. The van der Waals surface area contributed by atoms with Crippen molar-refractivity contribution in [3.63, 3.8) is 0 Å². The molecule has 1 saturated heterocycles. The van der Waals surface area contributed by atoms with E-state index >= 15 is 0 Å². The molecule has 15 heavy (non-hydrogen) atoms. The van der Waals surface area contributed by atoms with Crippen LogP contribution in [-0.2, 0) is 4.74 Å². The van der Waals surface area contributed by atoms with Gasteiger partial charge >= 0.3 is 0 Å². The van der Waals surface area contributed by atoms with E-state index in [0.29, 0.717) is 0 Å². The second-order valence-corrected chi connectivity index (χ2v) is 4.74. The summed E-state index contributed by atoms with van der Waals surface area (Å²) in [6.07, 6.45) is 2.34. The SMILES string of the molecule is C[C@@H](NC(=O)c1cccs1)[C@H]1CCCO1. The maximum atomic E-state index is 11.7. The molecule has 1 aliphatic rings. The lowest BCUT2D eigenvalue weighted by molar-refractivity contribution is 0.0714. The van der Waals surface area contributed by atoms with Crippen molar-refractivity contribution in [2.45, 2.75) is 31.9 Å². The van der Waals surface area contributed by atoms with E-state index in [-0.39, 0.29) is 18.1 Å². The van der Waals surface area contributed by atoms with Gasteiger partial charge in [0.2, 0.25) is 0 Å². The minimum atomic E-state index is 0.00741. The Bertz CT molecular complexity index is 317. The number of hydrogen-bond donors (Lipinski definition) is 1. The highest BCUT2D eigenvalue weighted by Crippen LogP contribution is 2.16. The van der Waals surface area contributed by atoms with Gasteiger partial charge in [0, 0.05) is 6.61 Å². The molecule has 1 fully saturated rings. The second kappa shape index (κ2) is 4.77. The van der Waals surface area contributed by atoms with Gasteiger partial charge in [-0.1, -0.05) is 6.07 Å². The quantitative estimate of drug-likeness (QED) is 0.855. The minimum absolute atomic E-state index is 0.00741. The van der Waals surface area contributed by atoms with Crippen LogP contribution in [0.15, 0.2) is 17.5 Å². The molecule has 4 heteroatoms. The predicted molar refractivity (Wildman–Crippen MR) is 60.2 cm³/mol. The smallest absolute Gasteiger partial charge is 0.261 e. The summed E-state index contributed by atoms with van der Waals surface area (Å²) >= 11 is 1.46. The molecule has 0 aromatic carbocycles. The van der Waals surface area contributed by atoms with Crippen LogP contribution in [0.1, 0.15) is 29.4 Å². The van der Waals surface area contributed by atoms with Crippen LogP contribution >= 0.6 is 11.3 Å². The lowest BCUT2D eigenvalue weighted by atomic mass is 10.1. The van der Waals surface area contributed by atoms with Crippen LogP contribution in [-0.4, -0.2) is 24.7 Å². The number of thiophene rings is 1. The molecule has 82 valence electrons.